The Bertz CT molecular complexity index is 387. The lowest BCUT2D eigenvalue weighted by molar-refractivity contribution is -0.124. The standard InChI is InChI=1S/C14H24N2O4/c1-14(2,3)20-13(19)16-7-6-11(17)10(8-16)15-12(18)9-4-5-9/h9-11,17H,4-8H2,1-3H3,(H,15,18). The minimum absolute atomic E-state index is 0.0138. The molecule has 2 aliphatic rings. The molecule has 20 heavy (non-hydrogen) atoms. The molecular formula is C14H24N2O4. The van der Waals surface area contributed by atoms with Crippen molar-refractivity contribution in [3.05, 3.63) is 0 Å². The van der Waals surface area contributed by atoms with Gasteiger partial charge in [-0.25, -0.2) is 4.79 Å². The molecule has 1 aliphatic carbocycles. The lowest BCUT2D eigenvalue weighted by atomic mass is 10.0. The zero-order valence-corrected chi connectivity index (χ0v) is 12.4. The second-order valence-electron chi connectivity index (χ2n) is 6.67. The number of ether oxygens (including phenoxy) is 1. The van der Waals surface area contributed by atoms with Gasteiger partial charge >= 0.3 is 6.09 Å². The molecule has 1 saturated carbocycles. The lowest BCUT2D eigenvalue weighted by Crippen LogP contribution is -2.57. The van der Waals surface area contributed by atoms with E-state index < -0.39 is 23.8 Å². The summed E-state index contributed by atoms with van der Waals surface area (Å²) in [5, 5.41) is 12.8. The Labute approximate surface area is 119 Å². The molecule has 2 unspecified atom stereocenters. The molecule has 2 rings (SSSR count). The summed E-state index contributed by atoms with van der Waals surface area (Å²) in [5.74, 6) is 0.0826. The van der Waals surface area contributed by atoms with Gasteiger partial charge in [0.05, 0.1) is 12.1 Å². The summed E-state index contributed by atoms with van der Waals surface area (Å²) >= 11 is 0. The smallest absolute Gasteiger partial charge is 0.410 e. The average Bonchev–Trinajstić information content (AvgIpc) is 3.13. The van der Waals surface area contributed by atoms with E-state index in [0.717, 1.165) is 12.8 Å². The molecule has 114 valence electrons. The first-order chi connectivity index (χ1) is 9.26. The molecule has 0 spiro atoms. The predicted molar refractivity (Wildman–Crippen MR) is 73.1 cm³/mol. The van der Waals surface area contributed by atoms with Crippen LogP contribution in [-0.4, -0.2) is 52.8 Å². The summed E-state index contributed by atoms with van der Waals surface area (Å²) in [6, 6.07) is -0.399. The first kappa shape index (κ1) is 15.1. The molecule has 1 heterocycles. The summed E-state index contributed by atoms with van der Waals surface area (Å²) in [5.41, 5.74) is -0.542. The van der Waals surface area contributed by atoms with Gasteiger partial charge in [-0.15, -0.1) is 0 Å². The minimum Gasteiger partial charge on any atom is -0.444 e. The van der Waals surface area contributed by atoms with E-state index in [9.17, 15) is 14.7 Å². The van der Waals surface area contributed by atoms with E-state index >= 15 is 0 Å². The van der Waals surface area contributed by atoms with E-state index in [1.807, 2.05) is 20.8 Å². The van der Waals surface area contributed by atoms with Crippen molar-refractivity contribution in [2.45, 2.75) is 57.8 Å². The molecule has 2 fully saturated rings. The third-order valence-corrected chi connectivity index (χ3v) is 3.50. The minimum atomic E-state index is -0.601. The van der Waals surface area contributed by atoms with Crippen molar-refractivity contribution in [3.8, 4) is 0 Å². The number of amides is 2. The highest BCUT2D eigenvalue weighted by molar-refractivity contribution is 5.81. The normalized spacial score (nSPS) is 27.1. The van der Waals surface area contributed by atoms with Crippen molar-refractivity contribution >= 4 is 12.0 Å². The molecule has 6 heteroatoms. The number of piperidine rings is 1. The van der Waals surface area contributed by atoms with E-state index in [1.54, 1.807) is 4.90 Å². The Kier molecular flexibility index (Phi) is 4.22. The quantitative estimate of drug-likeness (QED) is 0.789. The van der Waals surface area contributed by atoms with Gasteiger partial charge in [-0.05, 0) is 40.0 Å². The van der Waals surface area contributed by atoms with Crippen LogP contribution in [0.2, 0.25) is 0 Å². The maximum absolute atomic E-state index is 12.0. The Balaban J connectivity index is 1.89. The number of likely N-dealkylation sites (tertiary alicyclic amines) is 1. The van der Waals surface area contributed by atoms with Gasteiger partial charge in [0.1, 0.15) is 5.60 Å². The summed E-state index contributed by atoms with van der Waals surface area (Å²) in [7, 11) is 0. The maximum Gasteiger partial charge on any atom is 0.410 e. The van der Waals surface area contributed by atoms with Gasteiger partial charge in [0.15, 0.2) is 0 Å². The first-order valence-corrected chi connectivity index (χ1v) is 7.22. The number of carbonyl (C=O) groups excluding carboxylic acids is 2. The van der Waals surface area contributed by atoms with E-state index in [4.69, 9.17) is 4.74 Å². The van der Waals surface area contributed by atoms with E-state index in [1.165, 1.54) is 0 Å². The van der Waals surface area contributed by atoms with Crippen LogP contribution in [0.5, 0.6) is 0 Å². The number of aliphatic hydroxyl groups is 1. The largest absolute Gasteiger partial charge is 0.444 e. The van der Waals surface area contributed by atoms with Crippen LogP contribution >= 0.6 is 0 Å². The van der Waals surface area contributed by atoms with Gasteiger partial charge in [-0.3, -0.25) is 4.79 Å². The van der Waals surface area contributed by atoms with Crippen molar-refractivity contribution in [1.29, 1.82) is 0 Å². The van der Waals surface area contributed by atoms with Crippen molar-refractivity contribution in [1.82, 2.24) is 10.2 Å². The molecule has 0 aromatic rings. The molecule has 2 N–H and O–H groups in total. The highest BCUT2D eigenvalue weighted by Crippen LogP contribution is 2.29. The molecule has 0 aromatic carbocycles. The average molecular weight is 284 g/mol. The topological polar surface area (TPSA) is 78.9 Å². The fraction of sp³-hybridized carbons (Fsp3) is 0.857. The number of nitrogens with one attached hydrogen (secondary N) is 1. The predicted octanol–water partition coefficient (Wildman–Crippen LogP) is 0.883. The van der Waals surface area contributed by atoms with Crippen LogP contribution in [0.25, 0.3) is 0 Å². The van der Waals surface area contributed by atoms with Crippen LogP contribution in [0.15, 0.2) is 0 Å². The number of aliphatic hydroxyl groups excluding tert-OH is 1. The van der Waals surface area contributed by atoms with E-state index in [2.05, 4.69) is 5.32 Å². The van der Waals surface area contributed by atoms with E-state index in [-0.39, 0.29) is 11.8 Å². The molecule has 6 nitrogen and oxygen atoms in total. The zero-order chi connectivity index (χ0) is 14.9. The van der Waals surface area contributed by atoms with Crippen LogP contribution in [0.3, 0.4) is 0 Å². The maximum atomic E-state index is 12.0. The number of hydrogen-bond donors (Lipinski definition) is 2. The van der Waals surface area contributed by atoms with Crippen molar-refractivity contribution in [3.63, 3.8) is 0 Å². The molecule has 0 aromatic heterocycles. The number of hydrogen-bond acceptors (Lipinski definition) is 4. The Morgan fingerprint density at radius 2 is 1.90 bits per heavy atom. The van der Waals surface area contributed by atoms with Crippen LogP contribution in [-0.2, 0) is 9.53 Å². The molecule has 0 bridgehead atoms. The van der Waals surface area contributed by atoms with Gasteiger partial charge in [-0.2, -0.15) is 0 Å². The number of carbonyl (C=O) groups is 2. The first-order valence-electron chi connectivity index (χ1n) is 7.22. The number of nitrogens with zero attached hydrogens (tertiary/aromatic N) is 1. The fourth-order valence-electron chi connectivity index (χ4n) is 2.22. The van der Waals surface area contributed by atoms with Crippen LogP contribution in [0.4, 0.5) is 4.79 Å². The van der Waals surface area contributed by atoms with Crippen LogP contribution in [0, 0.1) is 5.92 Å². The van der Waals surface area contributed by atoms with Crippen molar-refractivity contribution in [2.24, 2.45) is 5.92 Å². The highest BCUT2D eigenvalue weighted by atomic mass is 16.6. The van der Waals surface area contributed by atoms with Crippen LogP contribution in [0.1, 0.15) is 40.0 Å². The van der Waals surface area contributed by atoms with Gasteiger partial charge in [0, 0.05) is 19.0 Å². The van der Waals surface area contributed by atoms with Gasteiger partial charge in [0.2, 0.25) is 5.91 Å². The van der Waals surface area contributed by atoms with Gasteiger partial charge < -0.3 is 20.1 Å². The fourth-order valence-corrected chi connectivity index (χ4v) is 2.22. The second kappa shape index (κ2) is 5.60. The third-order valence-electron chi connectivity index (χ3n) is 3.50. The van der Waals surface area contributed by atoms with E-state index in [0.29, 0.717) is 19.5 Å². The SMILES string of the molecule is CC(C)(C)OC(=O)N1CCC(O)C(NC(=O)C2CC2)C1. The highest BCUT2D eigenvalue weighted by Gasteiger charge is 2.36. The Hall–Kier alpha value is -1.30. The molecule has 2 atom stereocenters. The summed E-state index contributed by atoms with van der Waals surface area (Å²) < 4.78 is 5.32. The second-order valence-corrected chi connectivity index (χ2v) is 6.67. The summed E-state index contributed by atoms with van der Waals surface area (Å²) in [6.45, 7) is 6.20. The molecule has 2 amide bonds. The summed E-state index contributed by atoms with van der Waals surface area (Å²) in [4.78, 5) is 25.3. The third kappa shape index (κ3) is 4.10. The Morgan fingerprint density at radius 1 is 1.25 bits per heavy atom. The van der Waals surface area contributed by atoms with Crippen LogP contribution < -0.4 is 5.32 Å². The molecule has 0 radical (unpaired) electrons. The number of rotatable bonds is 2. The molecule has 1 aliphatic heterocycles. The van der Waals surface area contributed by atoms with Gasteiger partial charge in [-0.1, -0.05) is 0 Å². The van der Waals surface area contributed by atoms with Gasteiger partial charge in [0.25, 0.3) is 0 Å². The molecule has 1 saturated heterocycles. The van der Waals surface area contributed by atoms with Crippen molar-refractivity contribution in [2.75, 3.05) is 13.1 Å². The summed E-state index contributed by atoms with van der Waals surface area (Å²) in [6.07, 6.45) is 1.30. The monoisotopic (exact) mass is 284 g/mol. The van der Waals surface area contributed by atoms with Crippen molar-refractivity contribution < 1.29 is 19.4 Å². The Morgan fingerprint density at radius 3 is 2.45 bits per heavy atom. The zero-order valence-electron chi connectivity index (χ0n) is 12.4. The molecular weight excluding hydrogens is 260 g/mol. The lowest BCUT2D eigenvalue weighted by Gasteiger charge is -2.37.